The van der Waals surface area contributed by atoms with Crippen LogP contribution in [-0.4, -0.2) is 64.0 Å². The molecule has 0 amide bonds. The highest BCUT2D eigenvalue weighted by Gasteiger charge is 2.59. The average molecular weight is 325 g/mol. The first-order valence-corrected chi connectivity index (χ1v) is 5.58. The van der Waals surface area contributed by atoms with E-state index in [1.165, 1.54) is 0 Å². The molecule has 5 nitrogen and oxygen atoms in total. The van der Waals surface area contributed by atoms with E-state index >= 15 is 0 Å². The van der Waals surface area contributed by atoms with Gasteiger partial charge in [0.15, 0.2) is 0 Å². The van der Waals surface area contributed by atoms with E-state index in [1.807, 2.05) is 30.1 Å². The Hall–Kier alpha value is 0.595. The highest BCUT2D eigenvalue weighted by Crippen LogP contribution is 2.40. The molecule has 0 spiro atoms. The number of fused-ring (bicyclic) bond motifs is 2. The summed E-state index contributed by atoms with van der Waals surface area (Å²) in [4.78, 5) is 5.49. The normalized spacial score (nSPS) is 45.9. The molecule has 0 aliphatic carbocycles. The highest BCUT2D eigenvalue weighted by atomic mass is 127. The molecule has 4 unspecified atom stereocenters. The third kappa shape index (κ3) is 1.83. The van der Waals surface area contributed by atoms with E-state index in [1.54, 1.807) is 12.2 Å². The predicted molar refractivity (Wildman–Crippen MR) is 61.6 cm³/mol. The summed E-state index contributed by atoms with van der Waals surface area (Å²) in [6.45, 7) is 0.813. The summed E-state index contributed by atoms with van der Waals surface area (Å²) in [5, 5.41) is 1.70. The second-order valence-corrected chi connectivity index (χ2v) is 4.41. The van der Waals surface area contributed by atoms with Gasteiger partial charge in [-0.15, -0.1) is 0 Å². The second kappa shape index (κ2) is 4.46. The summed E-state index contributed by atoms with van der Waals surface area (Å²) >= 11 is 1.87. The minimum absolute atomic E-state index is 0.0919. The van der Waals surface area contributed by atoms with E-state index in [9.17, 15) is 0 Å². The van der Waals surface area contributed by atoms with Crippen molar-refractivity contribution in [1.29, 1.82) is 0 Å². The molecule has 4 atom stereocenters. The third-order valence-corrected chi connectivity index (χ3v) is 3.50. The second-order valence-electron chi connectivity index (χ2n) is 3.90. The van der Waals surface area contributed by atoms with Crippen LogP contribution < -0.4 is 0 Å². The lowest BCUT2D eigenvalue weighted by Crippen LogP contribution is -2.59. The smallest absolute Gasteiger partial charge is 0.145 e. The number of likely N-dealkylation sites (N-methyl/N-ethyl adjacent to an activating group) is 1. The molecule has 0 N–H and O–H groups in total. The SMILES string of the molecule is [B]C1OC2(COC)CON(C)C1C2OI. The van der Waals surface area contributed by atoms with Crippen molar-refractivity contribution in [3.8, 4) is 0 Å². The first-order chi connectivity index (χ1) is 7.14. The molecular weight excluding hydrogens is 312 g/mol. The maximum atomic E-state index is 5.91. The molecule has 2 saturated heterocycles. The average Bonchev–Trinajstić information content (AvgIpc) is 2.41. The van der Waals surface area contributed by atoms with Crippen LogP contribution in [0, 0.1) is 0 Å². The maximum absolute atomic E-state index is 5.91. The zero-order valence-corrected chi connectivity index (χ0v) is 10.8. The highest BCUT2D eigenvalue weighted by molar-refractivity contribution is 14.1. The van der Waals surface area contributed by atoms with Crippen molar-refractivity contribution in [2.45, 2.75) is 23.8 Å². The third-order valence-electron chi connectivity index (χ3n) is 2.95. The van der Waals surface area contributed by atoms with Crippen molar-refractivity contribution in [1.82, 2.24) is 5.06 Å². The summed E-state index contributed by atoms with van der Waals surface area (Å²) in [7, 11) is 9.37. The molecule has 2 aliphatic heterocycles. The minimum atomic E-state index is -0.577. The quantitative estimate of drug-likeness (QED) is 0.534. The van der Waals surface area contributed by atoms with Crippen molar-refractivity contribution in [3.63, 3.8) is 0 Å². The molecule has 0 aromatic carbocycles. The molecule has 2 fully saturated rings. The molecule has 0 saturated carbocycles. The van der Waals surface area contributed by atoms with Gasteiger partial charge in [-0.05, 0) is 0 Å². The van der Waals surface area contributed by atoms with Gasteiger partial charge in [0.25, 0.3) is 0 Å². The van der Waals surface area contributed by atoms with Gasteiger partial charge >= 0.3 is 0 Å². The summed E-state index contributed by atoms with van der Waals surface area (Å²) < 4.78 is 16.3. The van der Waals surface area contributed by atoms with E-state index in [4.69, 9.17) is 25.2 Å². The van der Waals surface area contributed by atoms with Crippen LogP contribution in [0.4, 0.5) is 0 Å². The molecular formula is C8H13BINO4. The van der Waals surface area contributed by atoms with Crippen molar-refractivity contribution in [3.05, 3.63) is 0 Å². The van der Waals surface area contributed by atoms with Crippen LogP contribution in [-0.2, 0) is 17.4 Å². The Morgan fingerprint density at radius 3 is 3.00 bits per heavy atom. The molecule has 0 aromatic heterocycles. The summed E-state index contributed by atoms with van der Waals surface area (Å²) in [5.74, 6) is 0. The van der Waals surface area contributed by atoms with Crippen LogP contribution in [0.1, 0.15) is 0 Å². The summed E-state index contributed by atoms with van der Waals surface area (Å²) in [5.41, 5.74) is -0.577. The van der Waals surface area contributed by atoms with Crippen LogP contribution in [0.3, 0.4) is 0 Å². The van der Waals surface area contributed by atoms with E-state index in [0.29, 0.717) is 13.2 Å². The number of methoxy groups -OCH3 is 1. The monoisotopic (exact) mass is 325 g/mol. The van der Waals surface area contributed by atoms with Crippen LogP contribution >= 0.6 is 23.0 Å². The topological polar surface area (TPSA) is 40.2 Å². The number of ether oxygens (including phenoxy) is 2. The standard InChI is InChI=1S/C8H13BINO4/c1-11-5-6(15-10)8(3-12-2,4-13-11)14-7(5)9/h5-7H,3-4H2,1-2H3. The van der Waals surface area contributed by atoms with Gasteiger partial charge in [0.1, 0.15) is 49.2 Å². The minimum Gasteiger partial charge on any atom is -0.381 e. The number of rotatable bonds is 3. The first-order valence-electron chi connectivity index (χ1n) is 4.70. The van der Waals surface area contributed by atoms with Gasteiger partial charge in [-0.2, -0.15) is 5.06 Å². The fourth-order valence-corrected chi connectivity index (χ4v) is 3.00. The molecule has 2 bridgehead atoms. The lowest BCUT2D eigenvalue weighted by atomic mass is 9.86. The van der Waals surface area contributed by atoms with Gasteiger partial charge in [0.05, 0.1) is 12.6 Å². The van der Waals surface area contributed by atoms with E-state index in [0.717, 1.165) is 0 Å². The Morgan fingerprint density at radius 1 is 1.67 bits per heavy atom. The molecule has 2 rings (SSSR count). The zero-order chi connectivity index (χ0) is 11.1. The largest absolute Gasteiger partial charge is 0.381 e. The van der Waals surface area contributed by atoms with Gasteiger partial charge in [0.2, 0.25) is 0 Å². The van der Waals surface area contributed by atoms with Crippen LogP contribution in [0.2, 0.25) is 0 Å². The van der Waals surface area contributed by atoms with Crippen molar-refractivity contribution in [2.24, 2.45) is 0 Å². The van der Waals surface area contributed by atoms with Crippen molar-refractivity contribution < 1.29 is 17.4 Å². The Kier molecular flexibility index (Phi) is 3.59. The number of halogens is 1. The van der Waals surface area contributed by atoms with Gasteiger partial charge in [0, 0.05) is 20.2 Å². The molecule has 2 aliphatic rings. The van der Waals surface area contributed by atoms with Gasteiger partial charge in [-0.3, -0.25) is 4.84 Å². The Bertz CT molecular complexity index is 247. The Balaban J connectivity index is 2.25. The Labute approximate surface area is 104 Å². The molecule has 15 heavy (non-hydrogen) atoms. The van der Waals surface area contributed by atoms with E-state index in [-0.39, 0.29) is 12.1 Å². The van der Waals surface area contributed by atoms with Gasteiger partial charge < -0.3 is 12.5 Å². The predicted octanol–water partition coefficient (Wildman–Crippen LogP) is -0.123. The van der Waals surface area contributed by atoms with E-state index < -0.39 is 11.6 Å². The lowest BCUT2D eigenvalue weighted by molar-refractivity contribution is -0.247. The Morgan fingerprint density at radius 2 is 2.40 bits per heavy atom. The van der Waals surface area contributed by atoms with Crippen molar-refractivity contribution >= 4 is 30.9 Å². The summed E-state index contributed by atoms with van der Waals surface area (Å²) in [6, 6.07) is -0.502. The first kappa shape index (κ1) is 12.1. The molecule has 84 valence electrons. The van der Waals surface area contributed by atoms with E-state index in [2.05, 4.69) is 0 Å². The summed E-state index contributed by atoms with van der Waals surface area (Å²) in [6.07, 6.45) is -0.133. The zero-order valence-electron chi connectivity index (χ0n) is 8.68. The molecule has 0 aromatic rings. The van der Waals surface area contributed by atoms with Crippen molar-refractivity contribution in [2.75, 3.05) is 27.4 Å². The number of hydroxylamine groups is 2. The van der Waals surface area contributed by atoms with Gasteiger partial charge in [-0.25, -0.2) is 0 Å². The number of hydrogen-bond donors (Lipinski definition) is 0. The fraction of sp³-hybridized carbons (Fsp3) is 1.00. The molecule has 2 heterocycles. The maximum Gasteiger partial charge on any atom is 0.145 e. The molecule has 7 heteroatoms. The van der Waals surface area contributed by atoms with Gasteiger partial charge in [-0.1, -0.05) is 0 Å². The van der Waals surface area contributed by atoms with Crippen LogP contribution in [0.25, 0.3) is 0 Å². The fourth-order valence-electron chi connectivity index (χ4n) is 2.24. The number of hydrogen-bond acceptors (Lipinski definition) is 5. The van der Waals surface area contributed by atoms with Crippen LogP contribution in [0.15, 0.2) is 0 Å². The lowest BCUT2D eigenvalue weighted by Gasteiger charge is -2.40. The van der Waals surface area contributed by atoms with Crippen LogP contribution in [0.5, 0.6) is 0 Å². The molecule has 2 radical (unpaired) electrons. The number of nitrogens with zero attached hydrogens (tertiary/aromatic N) is 1.